The van der Waals surface area contributed by atoms with Crippen LogP contribution in [0.3, 0.4) is 0 Å². The van der Waals surface area contributed by atoms with Crippen LogP contribution >= 0.6 is 0 Å². The predicted molar refractivity (Wildman–Crippen MR) is 135 cm³/mol. The topological polar surface area (TPSA) is 60.0 Å². The van der Waals surface area contributed by atoms with Crippen molar-refractivity contribution in [2.45, 2.75) is 32.9 Å². The zero-order chi connectivity index (χ0) is 24.9. The molecular weight excluding hydrogens is 459 g/mol. The minimum atomic E-state index is -0.322. The van der Waals surface area contributed by atoms with Crippen molar-refractivity contribution in [1.82, 2.24) is 10.2 Å². The summed E-state index contributed by atoms with van der Waals surface area (Å²) in [4.78, 5) is 14.9. The third-order valence-corrected chi connectivity index (χ3v) is 6.64. The van der Waals surface area contributed by atoms with Gasteiger partial charge in [-0.2, -0.15) is 0 Å². The first-order valence-electron chi connectivity index (χ1n) is 12.4. The molecule has 2 aliphatic heterocycles. The summed E-state index contributed by atoms with van der Waals surface area (Å²) in [6.45, 7) is 5.52. The molecule has 1 fully saturated rings. The van der Waals surface area contributed by atoms with Crippen LogP contribution in [0.1, 0.15) is 30.9 Å². The number of nitrogens with zero attached hydrogens (tertiary/aromatic N) is 1. The molecule has 0 aliphatic carbocycles. The maximum absolute atomic E-state index is 13.4. The summed E-state index contributed by atoms with van der Waals surface area (Å²) < 4.78 is 30.4. The van der Waals surface area contributed by atoms with Gasteiger partial charge in [-0.05, 0) is 78.4 Å². The standard InChI is InChI=1S/C29H31FN2O4/c1-20-4-3-11-32(16-20)17-24-13-22(23-8-10-27-28(14-23)36-19-35-27)7-9-26(24)34-18-29(33)31-15-21-5-2-6-25(30)12-21/h2,5-10,12-14,20H,3-4,11,15-19H2,1H3,(H,31,33)/t20-/m1/s1. The number of ether oxygens (including phenoxy) is 3. The van der Waals surface area contributed by atoms with Crippen LogP contribution in [0.2, 0.25) is 0 Å². The van der Waals surface area contributed by atoms with E-state index in [0.717, 1.165) is 47.8 Å². The first-order valence-corrected chi connectivity index (χ1v) is 12.4. The van der Waals surface area contributed by atoms with Gasteiger partial charge >= 0.3 is 0 Å². The van der Waals surface area contributed by atoms with Gasteiger partial charge in [0.15, 0.2) is 18.1 Å². The van der Waals surface area contributed by atoms with Crippen molar-refractivity contribution in [3.05, 3.63) is 77.6 Å². The van der Waals surface area contributed by atoms with Crippen LogP contribution in [0, 0.1) is 11.7 Å². The zero-order valence-corrected chi connectivity index (χ0v) is 20.5. The fraction of sp³-hybridized carbons (Fsp3) is 0.345. The van der Waals surface area contributed by atoms with Gasteiger partial charge in [0, 0.05) is 25.2 Å². The molecule has 0 bridgehead atoms. The number of piperidine rings is 1. The van der Waals surface area contributed by atoms with Crippen molar-refractivity contribution in [1.29, 1.82) is 0 Å². The first kappa shape index (κ1) is 24.1. The third-order valence-electron chi connectivity index (χ3n) is 6.64. The maximum atomic E-state index is 13.4. The number of carbonyl (C=O) groups is 1. The van der Waals surface area contributed by atoms with Crippen LogP contribution in [0.15, 0.2) is 60.7 Å². The molecule has 2 heterocycles. The SMILES string of the molecule is C[C@@H]1CCCN(Cc2cc(-c3ccc4c(c3)OCO4)ccc2OCC(=O)NCc2cccc(F)c2)C1. The number of amides is 1. The first-order chi connectivity index (χ1) is 17.5. The van der Waals surface area contributed by atoms with E-state index in [1.54, 1.807) is 12.1 Å². The molecule has 36 heavy (non-hydrogen) atoms. The van der Waals surface area contributed by atoms with Gasteiger partial charge in [-0.1, -0.05) is 31.2 Å². The molecule has 2 aliphatic rings. The Labute approximate surface area is 211 Å². The minimum absolute atomic E-state index is 0.109. The molecule has 1 N–H and O–H groups in total. The Morgan fingerprint density at radius 2 is 1.92 bits per heavy atom. The van der Waals surface area contributed by atoms with Crippen LogP contribution in [-0.2, 0) is 17.9 Å². The summed E-state index contributed by atoms with van der Waals surface area (Å²) in [5.74, 6) is 2.28. The van der Waals surface area contributed by atoms with Gasteiger partial charge in [-0.15, -0.1) is 0 Å². The Morgan fingerprint density at radius 3 is 2.78 bits per heavy atom. The second kappa shape index (κ2) is 11.0. The second-order valence-electron chi connectivity index (χ2n) is 9.57. The average Bonchev–Trinajstić information content (AvgIpc) is 3.35. The summed E-state index contributed by atoms with van der Waals surface area (Å²) in [6, 6.07) is 18.2. The Bertz CT molecular complexity index is 1230. The summed E-state index contributed by atoms with van der Waals surface area (Å²) in [6.07, 6.45) is 2.43. The highest BCUT2D eigenvalue weighted by atomic mass is 19.1. The molecule has 7 heteroatoms. The van der Waals surface area contributed by atoms with E-state index in [2.05, 4.69) is 23.2 Å². The fourth-order valence-corrected chi connectivity index (χ4v) is 4.81. The lowest BCUT2D eigenvalue weighted by Crippen LogP contribution is -2.34. The van der Waals surface area contributed by atoms with Gasteiger partial charge < -0.3 is 19.5 Å². The average molecular weight is 491 g/mol. The van der Waals surface area contributed by atoms with E-state index in [4.69, 9.17) is 14.2 Å². The van der Waals surface area contributed by atoms with Crippen LogP contribution in [0.25, 0.3) is 11.1 Å². The highest BCUT2D eigenvalue weighted by Gasteiger charge is 2.20. The lowest BCUT2D eigenvalue weighted by atomic mass is 9.98. The molecule has 1 atom stereocenters. The van der Waals surface area contributed by atoms with Crippen LogP contribution in [0.4, 0.5) is 4.39 Å². The van der Waals surface area contributed by atoms with E-state index in [9.17, 15) is 9.18 Å². The normalized spacial score (nSPS) is 17.1. The number of likely N-dealkylation sites (tertiary alicyclic amines) is 1. The van der Waals surface area contributed by atoms with E-state index in [-0.39, 0.29) is 31.7 Å². The number of benzene rings is 3. The van der Waals surface area contributed by atoms with Crippen molar-refractivity contribution in [2.75, 3.05) is 26.5 Å². The van der Waals surface area contributed by atoms with Crippen LogP contribution < -0.4 is 19.5 Å². The highest BCUT2D eigenvalue weighted by molar-refractivity contribution is 5.77. The van der Waals surface area contributed by atoms with E-state index in [1.807, 2.05) is 30.3 Å². The zero-order valence-electron chi connectivity index (χ0n) is 20.5. The quantitative estimate of drug-likeness (QED) is 0.473. The lowest BCUT2D eigenvalue weighted by Gasteiger charge is -2.31. The maximum Gasteiger partial charge on any atom is 0.258 e. The van der Waals surface area contributed by atoms with Gasteiger partial charge in [0.1, 0.15) is 11.6 Å². The van der Waals surface area contributed by atoms with E-state index in [1.165, 1.54) is 25.0 Å². The van der Waals surface area contributed by atoms with Crippen LogP contribution in [0.5, 0.6) is 17.2 Å². The molecule has 0 spiro atoms. The Morgan fingerprint density at radius 1 is 1.08 bits per heavy atom. The molecule has 0 aromatic heterocycles. The largest absolute Gasteiger partial charge is 0.483 e. The van der Waals surface area contributed by atoms with Gasteiger partial charge in [0.05, 0.1) is 0 Å². The molecule has 0 unspecified atom stereocenters. The number of carbonyl (C=O) groups excluding carboxylic acids is 1. The molecule has 5 rings (SSSR count). The van der Waals surface area contributed by atoms with Crippen LogP contribution in [-0.4, -0.2) is 37.3 Å². The van der Waals surface area contributed by atoms with Gasteiger partial charge in [-0.3, -0.25) is 9.69 Å². The van der Waals surface area contributed by atoms with Gasteiger partial charge in [0.2, 0.25) is 6.79 Å². The van der Waals surface area contributed by atoms with E-state index >= 15 is 0 Å². The summed E-state index contributed by atoms with van der Waals surface area (Å²) in [5, 5.41) is 2.80. The van der Waals surface area contributed by atoms with Crippen molar-refractivity contribution >= 4 is 5.91 Å². The highest BCUT2D eigenvalue weighted by Crippen LogP contribution is 2.37. The molecule has 3 aromatic carbocycles. The summed E-state index contributed by atoms with van der Waals surface area (Å²) >= 11 is 0. The third kappa shape index (κ3) is 5.97. The Kier molecular flexibility index (Phi) is 7.37. The lowest BCUT2D eigenvalue weighted by molar-refractivity contribution is -0.123. The molecule has 0 radical (unpaired) electrons. The number of hydrogen-bond donors (Lipinski definition) is 1. The Hall–Kier alpha value is -3.58. The molecule has 3 aromatic rings. The smallest absolute Gasteiger partial charge is 0.258 e. The fourth-order valence-electron chi connectivity index (χ4n) is 4.81. The number of rotatable bonds is 8. The summed E-state index contributed by atoms with van der Waals surface area (Å²) in [7, 11) is 0. The van der Waals surface area contributed by atoms with Crippen molar-refractivity contribution < 1.29 is 23.4 Å². The van der Waals surface area contributed by atoms with E-state index < -0.39 is 0 Å². The molecule has 0 saturated carbocycles. The summed E-state index contributed by atoms with van der Waals surface area (Å²) in [5.41, 5.74) is 3.83. The van der Waals surface area contributed by atoms with Gasteiger partial charge in [-0.25, -0.2) is 4.39 Å². The molecule has 188 valence electrons. The predicted octanol–water partition coefficient (Wildman–Crippen LogP) is 5.15. The van der Waals surface area contributed by atoms with Crippen molar-refractivity contribution in [3.8, 4) is 28.4 Å². The Balaban J connectivity index is 1.30. The molecule has 1 amide bonds. The van der Waals surface area contributed by atoms with Crippen molar-refractivity contribution in [2.24, 2.45) is 5.92 Å². The monoisotopic (exact) mass is 490 g/mol. The van der Waals surface area contributed by atoms with Crippen molar-refractivity contribution in [3.63, 3.8) is 0 Å². The number of fused-ring (bicyclic) bond motifs is 1. The number of halogens is 1. The van der Waals surface area contributed by atoms with Gasteiger partial charge in [0.25, 0.3) is 5.91 Å². The molecule has 6 nitrogen and oxygen atoms in total. The number of nitrogens with one attached hydrogen (secondary N) is 1. The molecular formula is C29H31FN2O4. The van der Waals surface area contributed by atoms with E-state index in [0.29, 0.717) is 17.2 Å². The second-order valence-corrected chi connectivity index (χ2v) is 9.57. The molecule has 1 saturated heterocycles. The minimum Gasteiger partial charge on any atom is -0.483 e. The number of hydrogen-bond acceptors (Lipinski definition) is 5.